The molecule has 0 amide bonds. The molecule has 1 saturated heterocycles. The van der Waals surface area contributed by atoms with Gasteiger partial charge < -0.3 is 15.8 Å². The smallest absolute Gasteiger partial charge is 0.252 e. The number of morpholine rings is 1. The van der Waals surface area contributed by atoms with Crippen LogP contribution in [-0.4, -0.2) is 51.0 Å². The van der Waals surface area contributed by atoms with Crippen molar-refractivity contribution in [2.24, 2.45) is 10.7 Å². The van der Waals surface area contributed by atoms with Crippen molar-refractivity contribution in [3.05, 3.63) is 17.0 Å². The number of hydrogen-bond donors (Lipinski definition) is 2. The highest BCUT2D eigenvalue weighted by molar-refractivity contribution is 7.91. The molecular formula is C14H24N4O3S2. The molecule has 2 heterocycles. The van der Waals surface area contributed by atoms with Crippen molar-refractivity contribution in [2.45, 2.75) is 37.1 Å². The molecule has 1 aromatic heterocycles. The zero-order chi connectivity index (χ0) is 16.9. The first-order valence-corrected chi connectivity index (χ1v) is 9.92. The first-order chi connectivity index (χ1) is 10.9. The van der Waals surface area contributed by atoms with E-state index < -0.39 is 10.0 Å². The van der Waals surface area contributed by atoms with Gasteiger partial charge in [-0.25, -0.2) is 13.4 Å². The van der Waals surface area contributed by atoms with E-state index in [1.807, 2.05) is 6.92 Å². The Morgan fingerprint density at radius 1 is 1.48 bits per heavy atom. The molecule has 0 aromatic carbocycles. The molecular weight excluding hydrogens is 336 g/mol. The second-order valence-corrected chi connectivity index (χ2v) is 8.73. The summed E-state index contributed by atoms with van der Waals surface area (Å²) in [5.41, 5.74) is 5.81. The van der Waals surface area contributed by atoms with Crippen LogP contribution in [0.3, 0.4) is 0 Å². The van der Waals surface area contributed by atoms with Gasteiger partial charge in [-0.1, -0.05) is 6.92 Å². The highest BCUT2D eigenvalue weighted by Gasteiger charge is 2.27. The largest absolute Gasteiger partial charge is 0.379 e. The summed E-state index contributed by atoms with van der Waals surface area (Å²) in [6.45, 7) is 6.16. The summed E-state index contributed by atoms with van der Waals surface area (Å²) in [6.07, 6.45) is 0.956. The van der Waals surface area contributed by atoms with E-state index >= 15 is 0 Å². The second kappa shape index (κ2) is 8.09. The maximum absolute atomic E-state index is 12.5. The molecule has 3 N–H and O–H groups in total. The van der Waals surface area contributed by atoms with Gasteiger partial charge in [0.2, 0.25) is 0 Å². The predicted molar refractivity (Wildman–Crippen MR) is 92.1 cm³/mol. The highest BCUT2D eigenvalue weighted by atomic mass is 32.2. The summed E-state index contributed by atoms with van der Waals surface area (Å²) < 4.78 is 32.1. The predicted octanol–water partition coefficient (Wildman–Crippen LogP) is 0.972. The monoisotopic (exact) mass is 360 g/mol. The van der Waals surface area contributed by atoms with E-state index in [1.54, 1.807) is 12.1 Å². The average Bonchev–Trinajstić information content (AvgIpc) is 3.03. The van der Waals surface area contributed by atoms with E-state index in [1.165, 1.54) is 15.6 Å². The number of nitrogens with two attached hydrogens (primary N) is 1. The van der Waals surface area contributed by atoms with Crippen LogP contribution in [-0.2, 0) is 21.3 Å². The number of sulfonamides is 1. The van der Waals surface area contributed by atoms with Crippen molar-refractivity contribution in [1.29, 1.82) is 0 Å². The number of aliphatic imine (C=N–C) groups is 1. The molecule has 1 aliphatic rings. The van der Waals surface area contributed by atoms with Gasteiger partial charge in [0.1, 0.15) is 4.21 Å². The summed E-state index contributed by atoms with van der Waals surface area (Å²) in [6, 6.07) is 3.69. The van der Waals surface area contributed by atoms with Crippen LogP contribution in [0.5, 0.6) is 0 Å². The molecule has 1 fully saturated rings. The van der Waals surface area contributed by atoms with E-state index in [2.05, 4.69) is 17.2 Å². The summed E-state index contributed by atoms with van der Waals surface area (Å²) in [4.78, 5) is 5.12. The number of rotatable bonds is 6. The van der Waals surface area contributed by atoms with Gasteiger partial charge in [0, 0.05) is 24.0 Å². The molecule has 9 heteroatoms. The van der Waals surface area contributed by atoms with Crippen LogP contribution in [0.15, 0.2) is 21.3 Å². The van der Waals surface area contributed by atoms with Crippen molar-refractivity contribution in [2.75, 3.05) is 26.3 Å². The van der Waals surface area contributed by atoms with Gasteiger partial charge in [0.25, 0.3) is 10.0 Å². The Balaban J connectivity index is 2.01. The number of thiophene rings is 1. The normalized spacial score (nSPS) is 18.8. The molecule has 7 nitrogen and oxygen atoms in total. The third-order valence-corrected chi connectivity index (χ3v) is 7.05. The fourth-order valence-electron chi connectivity index (χ4n) is 2.06. The van der Waals surface area contributed by atoms with Gasteiger partial charge in [-0.15, -0.1) is 11.3 Å². The van der Waals surface area contributed by atoms with Crippen molar-refractivity contribution in [3.63, 3.8) is 0 Å². The minimum atomic E-state index is -3.43. The van der Waals surface area contributed by atoms with Crippen molar-refractivity contribution in [1.82, 2.24) is 9.62 Å². The first-order valence-electron chi connectivity index (χ1n) is 7.66. The minimum Gasteiger partial charge on any atom is -0.379 e. The lowest BCUT2D eigenvalue weighted by Crippen LogP contribution is -2.40. The molecule has 1 aliphatic heterocycles. The lowest BCUT2D eigenvalue weighted by atomic mass is 10.3. The van der Waals surface area contributed by atoms with Crippen LogP contribution >= 0.6 is 11.3 Å². The lowest BCUT2D eigenvalue weighted by molar-refractivity contribution is 0.0731. The van der Waals surface area contributed by atoms with E-state index in [0.29, 0.717) is 43.0 Å². The molecule has 0 saturated carbocycles. The SMILES string of the molecule is CCC(C)NC(N)=NCc1ccc(S(=O)(=O)N2CCOCC2)s1. The maximum Gasteiger partial charge on any atom is 0.252 e. The van der Waals surface area contributed by atoms with Gasteiger partial charge in [0.05, 0.1) is 19.8 Å². The van der Waals surface area contributed by atoms with Gasteiger partial charge in [-0.3, -0.25) is 0 Å². The van der Waals surface area contributed by atoms with Crippen molar-refractivity contribution in [3.8, 4) is 0 Å². The summed E-state index contributed by atoms with van der Waals surface area (Å²) in [7, 11) is -3.43. The first kappa shape index (κ1) is 18.2. The molecule has 1 aromatic rings. The Kier molecular flexibility index (Phi) is 6.40. The van der Waals surface area contributed by atoms with Crippen molar-refractivity contribution < 1.29 is 13.2 Å². The van der Waals surface area contributed by atoms with E-state index in [0.717, 1.165) is 11.3 Å². The van der Waals surface area contributed by atoms with E-state index in [9.17, 15) is 8.42 Å². The minimum absolute atomic E-state index is 0.263. The van der Waals surface area contributed by atoms with Crippen LogP contribution in [0, 0.1) is 0 Å². The van der Waals surface area contributed by atoms with Gasteiger partial charge in [0.15, 0.2) is 5.96 Å². The highest BCUT2D eigenvalue weighted by Crippen LogP contribution is 2.26. The Bertz CT molecular complexity index is 636. The summed E-state index contributed by atoms with van der Waals surface area (Å²) >= 11 is 1.24. The maximum atomic E-state index is 12.5. The molecule has 0 aliphatic carbocycles. The van der Waals surface area contributed by atoms with Crippen molar-refractivity contribution >= 4 is 27.3 Å². The second-order valence-electron chi connectivity index (χ2n) is 5.39. The third kappa shape index (κ3) is 4.90. The Morgan fingerprint density at radius 2 is 2.17 bits per heavy atom. The number of nitrogens with one attached hydrogen (secondary N) is 1. The average molecular weight is 361 g/mol. The molecule has 23 heavy (non-hydrogen) atoms. The molecule has 0 spiro atoms. The molecule has 2 rings (SSSR count). The Hall–Kier alpha value is -1.16. The van der Waals surface area contributed by atoms with E-state index in [-0.39, 0.29) is 6.04 Å². The standard InChI is InChI=1S/C14H24N4O3S2/c1-3-11(2)17-14(15)16-10-12-4-5-13(22-12)23(19,20)18-6-8-21-9-7-18/h4-5,11H,3,6-10H2,1-2H3,(H3,15,16,17). The van der Waals surface area contributed by atoms with Crippen LogP contribution in [0.25, 0.3) is 0 Å². The van der Waals surface area contributed by atoms with Gasteiger partial charge >= 0.3 is 0 Å². The Labute approximate surface area is 141 Å². The zero-order valence-corrected chi connectivity index (χ0v) is 15.1. The van der Waals surface area contributed by atoms with Gasteiger partial charge in [-0.05, 0) is 25.5 Å². The summed E-state index contributed by atoms with van der Waals surface area (Å²) in [5.74, 6) is 0.380. The fraction of sp³-hybridized carbons (Fsp3) is 0.643. The zero-order valence-electron chi connectivity index (χ0n) is 13.5. The molecule has 130 valence electrons. The third-order valence-electron chi connectivity index (χ3n) is 3.61. The van der Waals surface area contributed by atoms with Crippen LogP contribution in [0.4, 0.5) is 0 Å². The molecule has 1 unspecified atom stereocenters. The molecule has 1 atom stereocenters. The Morgan fingerprint density at radius 3 is 2.83 bits per heavy atom. The number of ether oxygens (including phenoxy) is 1. The fourth-order valence-corrected chi connectivity index (χ4v) is 4.90. The number of hydrogen-bond acceptors (Lipinski definition) is 5. The topological polar surface area (TPSA) is 97.0 Å². The quantitative estimate of drug-likeness (QED) is 0.582. The van der Waals surface area contributed by atoms with Crippen LogP contribution in [0.1, 0.15) is 25.1 Å². The lowest BCUT2D eigenvalue weighted by Gasteiger charge is -2.25. The number of nitrogens with zero attached hydrogens (tertiary/aromatic N) is 2. The number of guanidine groups is 1. The molecule has 0 bridgehead atoms. The van der Waals surface area contributed by atoms with Crippen LogP contribution in [0.2, 0.25) is 0 Å². The van der Waals surface area contributed by atoms with Gasteiger partial charge in [-0.2, -0.15) is 4.31 Å². The van der Waals surface area contributed by atoms with E-state index in [4.69, 9.17) is 10.5 Å². The summed E-state index contributed by atoms with van der Waals surface area (Å²) in [5, 5.41) is 3.08. The molecule has 0 radical (unpaired) electrons. The van der Waals surface area contributed by atoms with Crippen LogP contribution < -0.4 is 11.1 Å².